The average molecular weight is 361 g/mol. The van der Waals surface area contributed by atoms with Gasteiger partial charge in [0.2, 0.25) is 0 Å². The number of nitrogens with zero attached hydrogens (tertiary/aromatic N) is 1. The van der Waals surface area contributed by atoms with Crippen molar-refractivity contribution in [3.8, 4) is 0 Å². The van der Waals surface area contributed by atoms with E-state index in [0.717, 1.165) is 12.3 Å². The highest BCUT2D eigenvalue weighted by molar-refractivity contribution is 6.36. The van der Waals surface area contributed by atoms with Crippen LogP contribution in [0.2, 0.25) is 10.0 Å². The maximum atomic E-state index is 12.8. The van der Waals surface area contributed by atoms with Gasteiger partial charge in [-0.1, -0.05) is 41.4 Å². The summed E-state index contributed by atoms with van der Waals surface area (Å²) in [6, 6.07) is 9.11. The third kappa shape index (κ3) is 4.46. The summed E-state index contributed by atoms with van der Waals surface area (Å²) >= 11 is 11.6. The molecule has 0 bridgehead atoms. The lowest BCUT2D eigenvalue weighted by atomic mass is 10.1. The number of hydrogen-bond donors (Lipinski definition) is 1. The highest BCUT2D eigenvalue weighted by atomic mass is 35.5. The van der Waals surface area contributed by atoms with Gasteiger partial charge in [0.05, 0.1) is 22.4 Å². The quantitative estimate of drug-likeness (QED) is 0.621. The van der Waals surface area contributed by atoms with Crippen molar-refractivity contribution in [2.24, 2.45) is 5.10 Å². The minimum absolute atomic E-state index is 0.109. The topological polar surface area (TPSA) is 41.5 Å². The van der Waals surface area contributed by atoms with Crippen LogP contribution in [0.15, 0.2) is 47.6 Å². The zero-order chi connectivity index (χ0) is 17.0. The predicted molar refractivity (Wildman–Crippen MR) is 83.0 cm³/mol. The van der Waals surface area contributed by atoms with Crippen LogP contribution in [0.5, 0.6) is 0 Å². The van der Waals surface area contributed by atoms with Gasteiger partial charge in [-0.05, 0) is 24.3 Å². The number of rotatable bonds is 3. The van der Waals surface area contributed by atoms with Gasteiger partial charge in [-0.2, -0.15) is 18.3 Å². The molecule has 0 fully saturated rings. The Morgan fingerprint density at radius 2 is 1.83 bits per heavy atom. The molecule has 0 aromatic heterocycles. The normalized spacial score (nSPS) is 11.7. The van der Waals surface area contributed by atoms with E-state index in [4.69, 9.17) is 23.2 Å². The van der Waals surface area contributed by atoms with Gasteiger partial charge < -0.3 is 0 Å². The van der Waals surface area contributed by atoms with E-state index < -0.39 is 17.6 Å². The zero-order valence-corrected chi connectivity index (χ0v) is 12.9. The van der Waals surface area contributed by atoms with E-state index in [0.29, 0.717) is 5.02 Å². The Balaban J connectivity index is 2.15. The summed E-state index contributed by atoms with van der Waals surface area (Å²) in [6.07, 6.45) is -3.59. The van der Waals surface area contributed by atoms with Crippen LogP contribution in [0, 0.1) is 0 Å². The number of carbonyl (C=O) groups is 1. The smallest absolute Gasteiger partial charge is 0.267 e. The first-order valence-electron chi connectivity index (χ1n) is 6.23. The van der Waals surface area contributed by atoms with Crippen molar-refractivity contribution in [3.05, 3.63) is 69.2 Å². The first-order chi connectivity index (χ1) is 10.8. The number of hydrazone groups is 1. The molecule has 0 unspecified atom stereocenters. The van der Waals surface area contributed by atoms with Crippen LogP contribution < -0.4 is 5.43 Å². The maximum absolute atomic E-state index is 12.8. The molecule has 0 spiro atoms. The lowest BCUT2D eigenvalue weighted by molar-refractivity contribution is -0.137. The van der Waals surface area contributed by atoms with E-state index >= 15 is 0 Å². The van der Waals surface area contributed by atoms with Crippen molar-refractivity contribution in [2.45, 2.75) is 6.18 Å². The standard InChI is InChI=1S/C15H9Cl2F3N2O/c16-10-5-6-11(13(17)7-10)14(23)22-21-8-9-3-1-2-4-12(9)15(18,19)20/h1-8H,(H,22,23)/b21-8+. The third-order valence-electron chi connectivity index (χ3n) is 2.81. The van der Waals surface area contributed by atoms with Crippen molar-refractivity contribution >= 4 is 35.3 Å². The van der Waals surface area contributed by atoms with Crippen molar-refractivity contribution in [2.75, 3.05) is 0 Å². The van der Waals surface area contributed by atoms with E-state index in [1.54, 1.807) is 0 Å². The summed E-state index contributed by atoms with van der Waals surface area (Å²) in [6.45, 7) is 0. The van der Waals surface area contributed by atoms with E-state index in [2.05, 4.69) is 10.5 Å². The van der Waals surface area contributed by atoms with E-state index in [-0.39, 0.29) is 16.1 Å². The van der Waals surface area contributed by atoms with Crippen molar-refractivity contribution in [1.82, 2.24) is 5.43 Å². The lowest BCUT2D eigenvalue weighted by Gasteiger charge is -2.09. The summed E-state index contributed by atoms with van der Waals surface area (Å²) in [5, 5.41) is 4.01. The summed E-state index contributed by atoms with van der Waals surface area (Å²) < 4.78 is 38.4. The van der Waals surface area contributed by atoms with Crippen LogP contribution in [0.25, 0.3) is 0 Å². The molecule has 23 heavy (non-hydrogen) atoms. The minimum atomic E-state index is -4.51. The van der Waals surface area contributed by atoms with Crippen molar-refractivity contribution < 1.29 is 18.0 Å². The highest BCUT2D eigenvalue weighted by Crippen LogP contribution is 2.31. The summed E-state index contributed by atoms with van der Waals surface area (Å²) in [4.78, 5) is 11.9. The number of carbonyl (C=O) groups excluding carboxylic acids is 1. The van der Waals surface area contributed by atoms with Gasteiger partial charge in [0, 0.05) is 10.6 Å². The fourth-order valence-corrected chi connectivity index (χ4v) is 2.26. The third-order valence-corrected chi connectivity index (χ3v) is 3.36. The number of nitrogens with one attached hydrogen (secondary N) is 1. The Kier molecular flexibility index (Phi) is 5.28. The Morgan fingerprint density at radius 3 is 2.48 bits per heavy atom. The molecule has 120 valence electrons. The molecule has 0 aliphatic rings. The molecule has 2 aromatic carbocycles. The van der Waals surface area contributed by atoms with Gasteiger partial charge in [0.15, 0.2) is 0 Å². The Morgan fingerprint density at radius 1 is 1.13 bits per heavy atom. The average Bonchev–Trinajstić information content (AvgIpc) is 2.46. The molecule has 0 heterocycles. The lowest BCUT2D eigenvalue weighted by Crippen LogP contribution is -2.18. The largest absolute Gasteiger partial charge is 0.417 e. The molecule has 0 saturated carbocycles. The van der Waals surface area contributed by atoms with E-state index in [1.165, 1.54) is 36.4 Å². The molecule has 8 heteroatoms. The molecular weight excluding hydrogens is 352 g/mol. The summed E-state index contributed by atoms with van der Waals surface area (Å²) in [5.74, 6) is -0.660. The summed E-state index contributed by atoms with van der Waals surface area (Å²) in [7, 11) is 0. The van der Waals surface area contributed by atoms with Gasteiger partial charge in [-0.15, -0.1) is 0 Å². The van der Waals surface area contributed by atoms with Crippen molar-refractivity contribution in [1.29, 1.82) is 0 Å². The Bertz CT molecular complexity index is 761. The van der Waals surface area contributed by atoms with Gasteiger partial charge in [-0.25, -0.2) is 5.43 Å². The predicted octanol–water partition coefficient (Wildman–Crippen LogP) is 4.78. The molecule has 1 N–H and O–H groups in total. The maximum Gasteiger partial charge on any atom is 0.417 e. The summed E-state index contributed by atoms with van der Waals surface area (Å²) in [5.41, 5.74) is 1.22. The van der Waals surface area contributed by atoms with Crippen LogP contribution in [0.1, 0.15) is 21.5 Å². The molecule has 2 aromatic rings. The van der Waals surface area contributed by atoms with Crippen LogP contribution in [0.4, 0.5) is 13.2 Å². The molecule has 2 rings (SSSR count). The molecule has 0 radical (unpaired) electrons. The molecule has 0 saturated heterocycles. The van der Waals surface area contributed by atoms with Gasteiger partial charge in [0.25, 0.3) is 5.91 Å². The van der Waals surface area contributed by atoms with Crippen LogP contribution in [-0.4, -0.2) is 12.1 Å². The first kappa shape index (κ1) is 17.3. The highest BCUT2D eigenvalue weighted by Gasteiger charge is 2.32. The van der Waals surface area contributed by atoms with Crippen LogP contribution in [-0.2, 0) is 6.18 Å². The Hall–Kier alpha value is -2.05. The molecule has 3 nitrogen and oxygen atoms in total. The number of amides is 1. The van der Waals surface area contributed by atoms with Gasteiger partial charge in [-0.3, -0.25) is 4.79 Å². The second-order valence-corrected chi connectivity index (χ2v) is 5.25. The second-order valence-electron chi connectivity index (χ2n) is 4.41. The van der Waals surface area contributed by atoms with Crippen LogP contribution in [0.3, 0.4) is 0 Å². The molecule has 0 atom stereocenters. The minimum Gasteiger partial charge on any atom is -0.267 e. The van der Waals surface area contributed by atoms with Crippen molar-refractivity contribution in [3.63, 3.8) is 0 Å². The second kappa shape index (κ2) is 7.02. The van der Waals surface area contributed by atoms with Gasteiger partial charge >= 0.3 is 6.18 Å². The van der Waals surface area contributed by atoms with E-state index in [9.17, 15) is 18.0 Å². The number of alkyl halides is 3. The molecule has 0 aliphatic heterocycles. The van der Waals surface area contributed by atoms with Gasteiger partial charge in [0.1, 0.15) is 0 Å². The van der Waals surface area contributed by atoms with E-state index in [1.807, 2.05) is 0 Å². The first-order valence-corrected chi connectivity index (χ1v) is 6.99. The number of halogens is 5. The molecule has 0 aliphatic carbocycles. The molecular formula is C15H9Cl2F3N2O. The van der Waals surface area contributed by atoms with Crippen LogP contribution >= 0.6 is 23.2 Å². The fraction of sp³-hybridized carbons (Fsp3) is 0.0667. The number of benzene rings is 2. The number of hydrogen-bond acceptors (Lipinski definition) is 2. The zero-order valence-electron chi connectivity index (χ0n) is 11.4. The molecule has 1 amide bonds. The SMILES string of the molecule is O=C(N/N=C/c1ccccc1C(F)(F)F)c1ccc(Cl)cc1Cl. The fourth-order valence-electron chi connectivity index (χ4n) is 1.76. The monoisotopic (exact) mass is 360 g/mol. The Labute approximate surface area is 139 Å².